The highest BCUT2D eigenvalue weighted by Gasteiger charge is 2.32. The number of hydrogen-bond donors (Lipinski definition) is 1. The number of carbonyl (C=O) groups excluding carboxylic acids is 1. The molecule has 6 nitrogen and oxygen atoms in total. The summed E-state index contributed by atoms with van der Waals surface area (Å²) in [5.74, 6) is 1.54. The second-order valence-corrected chi connectivity index (χ2v) is 6.66. The topological polar surface area (TPSA) is 73.0 Å². The molecule has 1 aromatic carbocycles. The lowest BCUT2D eigenvalue weighted by Gasteiger charge is -2.10. The molecule has 2 heterocycles. The maximum absolute atomic E-state index is 12.7. The number of rotatable bonds is 5. The first-order chi connectivity index (χ1) is 12.1. The number of hydrogen-bond acceptors (Lipinski definition) is 4. The van der Waals surface area contributed by atoms with Crippen molar-refractivity contribution in [1.29, 1.82) is 0 Å². The SMILES string of the molecule is Cc1cccc(Cn2ncc(C)c2NC(=O)c2cnoc2C2CC2)c1. The van der Waals surface area contributed by atoms with Crippen molar-refractivity contribution >= 4 is 11.7 Å². The third-order valence-corrected chi connectivity index (χ3v) is 4.46. The molecule has 1 fully saturated rings. The van der Waals surface area contributed by atoms with Gasteiger partial charge in [-0.25, -0.2) is 4.68 Å². The van der Waals surface area contributed by atoms with Crippen LogP contribution in [0.4, 0.5) is 5.82 Å². The average Bonchev–Trinajstić information content (AvgIpc) is 3.22. The van der Waals surface area contributed by atoms with E-state index in [0.717, 1.165) is 24.0 Å². The normalized spacial score (nSPS) is 13.8. The second kappa shape index (κ2) is 6.20. The van der Waals surface area contributed by atoms with Gasteiger partial charge in [0, 0.05) is 11.5 Å². The highest BCUT2D eigenvalue weighted by molar-refractivity contribution is 6.04. The maximum Gasteiger partial charge on any atom is 0.262 e. The Bertz CT molecular complexity index is 921. The molecule has 3 aromatic rings. The zero-order valence-electron chi connectivity index (χ0n) is 14.3. The van der Waals surface area contributed by atoms with E-state index < -0.39 is 0 Å². The van der Waals surface area contributed by atoms with Gasteiger partial charge in [0.15, 0.2) is 5.76 Å². The number of aryl methyl sites for hydroxylation is 2. The van der Waals surface area contributed by atoms with Crippen molar-refractivity contribution in [3.05, 3.63) is 64.7 Å². The number of anilines is 1. The van der Waals surface area contributed by atoms with Gasteiger partial charge < -0.3 is 9.84 Å². The smallest absolute Gasteiger partial charge is 0.262 e. The van der Waals surface area contributed by atoms with Crippen LogP contribution >= 0.6 is 0 Å². The van der Waals surface area contributed by atoms with E-state index in [1.165, 1.54) is 11.8 Å². The fourth-order valence-electron chi connectivity index (χ4n) is 2.98. The molecule has 1 N–H and O–H groups in total. The van der Waals surface area contributed by atoms with Crippen LogP contribution in [0.3, 0.4) is 0 Å². The molecular weight excluding hydrogens is 316 g/mol. The van der Waals surface area contributed by atoms with E-state index in [-0.39, 0.29) is 5.91 Å². The summed E-state index contributed by atoms with van der Waals surface area (Å²) < 4.78 is 7.08. The van der Waals surface area contributed by atoms with Crippen LogP contribution in [0, 0.1) is 13.8 Å². The molecular formula is C19H20N4O2. The maximum atomic E-state index is 12.7. The van der Waals surface area contributed by atoms with Crippen molar-refractivity contribution in [3.63, 3.8) is 0 Å². The standard InChI is InChI=1S/C19H20N4O2/c1-12-4-3-5-14(8-12)11-23-18(13(2)9-20-23)22-19(24)16-10-21-25-17(16)15-6-7-15/h3-5,8-10,15H,6-7,11H2,1-2H3,(H,22,24). The first kappa shape index (κ1) is 15.6. The Morgan fingerprint density at radius 1 is 1.32 bits per heavy atom. The van der Waals surface area contributed by atoms with Crippen molar-refractivity contribution in [3.8, 4) is 0 Å². The fraction of sp³-hybridized carbons (Fsp3) is 0.316. The number of amides is 1. The number of carbonyl (C=O) groups is 1. The quantitative estimate of drug-likeness (QED) is 0.771. The Kier molecular flexibility index (Phi) is 3.87. The van der Waals surface area contributed by atoms with Crippen molar-refractivity contribution in [1.82, 2.24) is 14.9 Å². The van der Waals surface area contributed by atoms with Gasteiger partial charge in [-0.2, -0.15) is 5.10 Å². The van der Waals surface area contributed by atoms with Gasteiger partial charge in [-0.1, -0.05) is 35.0 Å². The van der Waals surface area contributed by atoms with Gasteiger partial charge in [0.2, 0.25) is 0 Å². The van der Waals surface area contributed by atoms with Crippen molar-refractivity contribution in [2.45, 2.75) is 39.2 Å². The van der Waals surface area contributed by atoms with Crippen LogP contribution in [-0.4, -0.2) is 20.8 Å². The highest BCUT2D eigenvalue weighted by Crippen LogP contribution is 2.41. The molecule has 0 radical (unpaired) electrons. The lowest BCUT2D eigenvalue weighted by molar-refractivity contribution is 0.102. The summed E-state index contributed by atoms with van der Waals surface area (Å²) >= 11 is 0. The zero-order chi connectivity index (χ0) is 17.4. The Morgan fingerprint density at radius 2 is 2.16 bits per heavy atom. The summed E-state index contributed by atoms with van der Waals surface area (Å²) in [4.78, 5) is 12.7. The van der Waals surface area contributed by atoms with E-state index in [4.69, 9.17) is 4.52 Å². The lowest BCUT2D eigenvalue weighted by Crippen LogP contribution is -2.17. The molecule has 1 aliphatic rings. The molecule has 128 valence electrons. The summed E-state index contributed by atoms with van der Waals surface area (Å²) in [6.45, 7) is 4.60. The minimum Gasteiger partial charge on any atom is -0.360 e. The molecule has 0 unspecified atom stereocenters. The molecule has 2 aromatic heterocycles. The number of benzene rings is 1. The molecule has 6 heteroatoms. The van der Waals surface area contributed by atoms with Crippen molar-refractivity contribution in [2.75, 3.05) is 5.32 Å². The highest BCUT2D eigenvalue weighted by atomic mass is 16.5. The monoisotopic (exact) mass is 336 g/mol. The predicted octanol–water partition coefficient (Wildman–Crippen LogP) is 3.67. The molecule has 0 atom stereocenters. The van der Waals surface area contributed by atoms with Crippen molar-refractivity contribution in [2.24, 2.45) is 0 Å². The Balaban J connectivity index is 1.57. The molecule has 1 aliphatic carbocycles. The Hall–Kier alpha value is -2.89. The zero-order valence-corrected chi connectivity index (χ0v) is 14.3. The van der Waals surface area contributed by atoms with Gasteiger partial charge in [0.1, 0.15) is 11.4 Å². The summed E-state index contributed by atoms with van der Waals surface area (Å²) in [5.41, 5.74) is 3.78. The molecule has 25 heavy (non-hydrogen) atoms. The third-order valence-electron chi connectivity index (χ3n) is 4.46. The lowest BCUT2D eigenvalue weighted by atomic mass is 10.1. The number of aromatic nitrogens is 3. The van der Waals surface area contributed by atoms with Gasteiger partial charge in [0.05, 0.1) is 18.9 Å². The fourth-order valence-corrected chi connectivity index (χ4v) is 2.98. The van der Waals surface area contributed by atoms with E-state index in [0.29, 0.717) is 29.6 Å². The predicted molar refractivity (Wildman–Crippen MR) is 93.7 cm³/mol. The van der Waals surface area contributed by atoms with Crippen LogP contribution < -0.4 is 5.32 Å². The number of nitrogens with zero attached hydrogens (tertiary/aromatic N) is 3. The largest absolute Gasteiger partial charge is 0.360 e. The van der Waals surface area contributed by atoms with Gasteiger partial charge in [-0.05, 0) is 32.3 Å². The minimum atomic E-state index is -0.197. The van der Waals surface area contributed by atoms with E-state index in [1.807, 2.05) is 17.7 Å². The van der Waals surface area contributed by atoms with E-state index in [1.54, 1.807) is 6.20 Å². The summed E-state index contributed by atoms with van der Waals surface area (Å²) in [6, 6.07) is 8.26. The average molecular weight is 336 g/mol. The summed E-state index contributed by atoms with van der Waals surface area (Å²) in [6.07, 6.45) is 5.37. The minimum absolute atomic E-state index is 0.197. The molecule has 0 saturated heterocycles. The molecule has 4 rings (SSSR count). The van der Waals surface area contributed by atoms with E-state index in [2.05, 4.69) is 40.7 Å². The van der Waals surface area contributed by atoms with Gasteiger partial charge in [0.25, 0.3) is 5.91 Å². The van der Waals surface area contributed by atoms with Gasteiger partial charge >= 0.3 is 0 Å². The van der Waals surface area contributed by atoms with Crippen LogP contribution in [-0.2, 0) is 6.54 Å². The summed E-state index contributed by atoms with van der Waals surface area (Å²) in [5, 5.41) is 11.2. The van der Waals surface area contributed by atoms with E-state index >= 15 is 0 Å². The number of nitrogens with one attached hydrogen (secondary N) is 1. The molecule has 0 aliphatic heterocycles. The van der Waals surface area contributed by atoms with Crippen molar-refractivity contribution < 1.29 is 9.32 Å². The van der Waals surface area contributed by atoms with Crippen LogP contribution in [0.25, 0.3) is 0 Å². The van der Waals surface area contributed by atoms with E-state index in [9.17, 15) is 4.79 Å². The Labute approximate surface area is 145 Å². The second-order valence-electron chi connectivity index (χ2n) is 6.66. The molecule has 0 spiro atoms. The summed E-state index contributed by atoms with van der Waals surface area (Å²) in [7, 11) is 0. The molecule has 1 amide bonds. The van der Waals surface area contributed by atoms with Crippen LogP contribution in [0.5, 0.6) is 0 Å². The molecule has 1 saturated carbocycles. The van der Waals surface area contributed by atoms with Crippen LogP contribution in [0.2, 0.25) is 0 Å². The first-order valence-electron chi connectivity index (χ1n) is 8.45. The van der Waals surface area contributed by atoms with Crippen LogP contribution in [0.15, 0.2) is 41.2 Å². The third kappa shape index (κ3) is 3.20. The molecule has 0 bridgehead atoms. The Morgan fingerprint density at radius 3 is 2.92 bits per heavy atom. The van der Waals surface area contributed by atoms with Gasteiger partial charge in [-0.15, -0.1) is 0 Å². The van der Waals surface area contributed by atoms with Crippen LogP contribution in [0.1, 0.15) is 51.6 Å². The first-order valence-corrected chi connectivity index (χ1v) is 8.45. The van der Waals surface area contributed by atoms with Gasteiger partial charge in [-0.3, -0.25) is 4.79 Å².